The van der Waals surface area contributed by atoms with Crippen LogP contribution in [0.4, 0.5) is 0 Å². The molecular weight excluding hydrogens is 252 g/mol. The lowest BCUT2D eigenvalue weighted by atomic mass is 10.1. The summed E-state index contributed by atoms with van der Waals surface area (Å²) in [5.74, 6) is -1.30. The third-order valence-electron chi connectivity index (χ3n) is 2.69. The Morgan fingerprint density at radius 2 is 1.89 bits per heavy atom. The lowest BCUT2D eigenvalue weighted by Crippen LogP contribution is -2.36. The van der Waals surface area contributed by atoms with E-state index in [0.717, 1.165) is 0 Å². The summed E-state index contributed by atoms with van der Waals surface area (Å²) in [6, 6.07) is 7.85. The molecule has 0 N–H and O–H groups in total. The van der Waals surface area contributed by atoms with Crippen molar-refractivity contribution in [2.75, 3.05) is 7.11 Å². The second-order valence-corrected chi connectivity index (χ2v) is 5.97. The number of benzene rings is 1. The second-order valence-electron chi connectivity index (χ2n) is 3.90. The fraction of sp³-hybridized carbons (Fsp3) is 0.308. The minimum absolute atomic E-state index is 0.106. The quantitative estimate of drug-likeness (QED) is 0.603. The third-order valence-corrected chi connectivity index (χ3v) is 4.91. The number of allylic oxidation sites excluding steroid dienone is 1. The molecule has 0 saturated carbocycles. The van der Waals surface area contributed by atoms with E-state index in [2.05, 4.69) is 11.3 Å². The molecule has 0 heterocycles. The summed E-state index contributed by atoms with van der Waals surface area (Å²) >= 11 is 0. The van der Waals surface area contributed by atoms with Gasteiger partial charge in [0.2, 0.25) is 0 Å². The van der Waals surface area contributed by atoms with E-state index in [1.807, 2.05) is 0 Å². The molecule has 0 amide bonds. The summed E-state index contributed by atoms with van der Waals surface area (Å²) in [5, 5.41) is -1.26. The zero-order chi connectivity index (χ0) is 13.8. The highest BCUT2D eigenvalue weighted by Gasteiger charge is 2.38. The number of carbonyl (C=O) groups excluding carboxylic acids is 1. The minimum Gasteiger partial charge on any atom is -0.468 e. The van der Waals surface area contributed by atoms with Crippen LogP contribution in [0.15, 0.2) is 47.9 Å². The molecule has 0 bridgehead atoms. The normalized spacial score (nSPS) is 14.6. The van der Waals surface area contributed by atoms with Crippen LogP contribution in [0, 0.1) is 5.92 Å². The fourth-order valence-electron chi connectivity index (χ4n) is 1.62. The second kappa shape index (κ2) is 5.82. The topological polar surface area (TPSA) is 60.4 Å². The number of carbonyl (C=O) groups is 1. The summed E-state index contributed by atoms with van der Waals surface area (Å²) in [6.45, 7) is 5.15. The van der Waals surface area contributed by atoms with Crippen molar-refractivity contribution in [1.29, 1.82) is 0 Å². The molecule has 0 aliphatic heterocycles. The molecule has 1 aromatic carbocycles. The van der Waals surface area contributed by atoms with Gasteiger partial charge in [0.05, 0.1) is 12.0 Å². The molecule has 1 rings (SSSR count). The molecule has 5 heteroatoms. The molecule has 0 radical (unpaired) electrons. The van der Waals surface area contributed by atoms with Crippen molar-refractivity contribution in [3.63, 3.8) is 0 Å². The Hall–Kier alpha value is -1.62. The van der Waals surface area contributed by atoms with E-state index in [1.54, 1.807) is 25.1 Å². The zero-order valence-corrected chi connectivity index (χ0v) is 11.2. The first-order valence-electron chi connectivity index (χ1n) is 5.44. The maximum Gasteiger partial charge on any atom is 0.325 e. The van der Waals surface area contributed by atoms with Gasteiger partial charge in [-0.2, -0.15) is 0 Å². The largest absolute Gasteiger partial charge is 0.468 e. The number of ether oxygens (including phenoxy) is 1. The molecule has 18 heavy (non-hydrogen) atoms. The number of sulfone groups is 1. The molecule has 0 aromatic heterocycles. The molecule has 1 aromatic rings. The zero-order valence-electron chi connectivity index (χ0n) is 10.4. The van der Waals surface area contributed by atoms with Gasteiger partial charge in [0.25, 0.3) is 0 Å². The average molecular weight is 268 g/mol. The summed E-state index contributed by atoms with van der Waals surface area (Å²) in [5.41, 5.74) is 0. The maximum absolute atomic E-state index is 12.4. The maximum atomic E-state index is 12.4. The van der Waals surface area contributed by atoms with Gasteiger partial charge in [-0.1, -0.05) is 31.2 Å². The van der Waals surface area contributed by atoms with E-state index in [0.29, 0.717) is 0 Å². The monoisotopic (exact) mass is 268 g/mol. The van der Waals surface area contributed by atoms with Gasteiger partial charge in [-0.25, -0.2) is 8.42 Å². The van der Waals surface area contributed by atoms with Crippen LogP contribution < -0.4 is 0 Å². The smallest absolute Gasteiger partial charge is 0.325 e. The lowest BCUT2D eigenvalue weighted by molar-refractivity contribution is -0.140. The fourth-order valence-corrected chi connectivity index (χ4v) is 3.48. The molecule has 0 fully saturated rings. The Kier molecular flexibility index (Phi) is 4.67. The highest BCUT2D eigenvalue weighted by atomic mass is 32.2. The summed E-state index contributed by atoms with van der Waals surface area (Å²) in [4.78, 5) is 11.8. The van der Waals surface area contributed by atoms with Crippen LogP contribution in [0.5, 0.6) is 0 Å². The number of rotatable bonds is 5. The first-order chi connectivity index (χ1) is 8.45. The molecule has 2 unspecified atom stereocenters. The van der Waals surface area contributed by atoms with Crippen LogP contribution in [0.3, 0.4) is 0 Å². The molecule has 98 valence electrons. The molecule has 0 aliphatic rings. The van der Waals surface area contributed by atoms with Crippen molar-refractivity contribution in [1.82, 2.24) is 0 Å². The highest BCUT2D eigenvalue weighted by Crippen LogP contribution is 2.23. The standard InChI is InChI=1S/C13H16O4S/c1-4-10(2)12(13(14)17-3)18(15,16)11-8-6-5-7-9-11/h4-10,12H,1H2,2-3H3. The molecule has 4 nitrogen and oxygen atoms in total. The van der Waals surface area contributed by atoms with Gasteiger partial charge in [-0.15, -0.1) is 6.58 Å². The Labute approximate surface area is 107 Å². The number of hydrogen-bond acceptors (Lipinski definition) is 4. The van der Waals surface area contributed by atoms with E-state index < -0.39 is 27.0 Å². The van der Waals surface area contributed by atoms with Gasteiger partial charge in [0.1, 0.15) is 0 Å². The molecule has 0 aliphatic carbocycles. The van der Waals surface area contributed by atoms with E-state index in [9.17, 15) is 13.2 Å². The van der Waals surface area contributed by atoms with Crippen molar-refractivity contribution < 1.29 is 17.9 Å². The Morgan fingerprint density at radius 3 is 2.33 bits per heavy atom. The Morgan fingerprint density at radius 1 is 1.33 bits per heavy atom. The SMILES string of the molecule is C=CC(C)C(C(=O)OC)S(=O)(=O)c1ccccc1. The van der Waals surface area contributed by atoms with Crippen molar-refractivity contribution in [2.24, 2.45) is 5.92 Å². The van der Waals surface area contributed by atoms with Gasteiger partial charge in [-0.3, -0.25) is 4.79 Å². The molecule has 2 atom stereocenters. The van der Waals surface area contributed by atoms with E-state index in [4.69, 9.17) is 0 Å². The lowest BCUT2D eigenvalue weighted by Gasteiger charge is -2.19. The van der Waals surface area contributed by atoms with Gasteiger partial charge in [0.15, 0.2) is 15.1 Å². The summed E-state index contributed by atoms with van der Waals surface area (Å²) in [7, 11) is -2.60. The van der Waals surface area contributed by atoms with E-state index in [-0.39, 0.29) is 4.90 Å². The molecule has 0 spiro atoms. The first kappa shape index (κ1) is 14.4. The molecule has 0 saturated heterocycles. The Balaban J connectivity index is 3.29. The Bertz CT molecular complexity index is 519. The first-order valence-corrected chi connectivity index (χ1v) is 6.99. The highest BCUT2D eigenvalue weighted by molar-refractivity contribution is 7.92. The van der Waals surface area contributed by atoms with Gasteiger partial charge >= 0.3 is 5.97 Å². The van der Waals surface area contributed by atoms with Crippen molar-refractivity contribution in [2.45, 2.75) is 17.1 Å². The predicted molar refractivity (Wildman–Crippen MR) is 68.8 cm³/mol. The van der Waals surface area contributed by atoms with Crippen LogP contribution in [0.1, 0.15) is 6.92 Å². The van der Waals surface area contributed by atoms with Crippen LogP contribution in [0.25, 0.3) is 0 Å². The number of hydrogen-bond donors (Lipinski definition) is 0. The van der Waals surface area contributed by atoms with Gasteiger partial charge < -0.3 is 4.74 Å². The van der Waals surface area contributed by atoms with Crippen molar-refractivity contribution in [3.8, 4) is 0 Å². The van der Waals surface area contributed by atoms with Crippen molar-refractivity contribution in [3.05, 3.63) is 43.0 Å². The van der Waals surface area contributed by atoms with Crippen molar-refractivity contribution >= 4 is 15.8 Å². The van der Waals surface area contributed by atoms with Crippen LogP contribution in [0.2, 0.25) is 0 Å². The van der Waals surface area contributed by atoms with Gasteiger partial charge in [0, 0.05) is 5.92 Å². The molecular formula is C13H16O4S. The number of methoxy groups -OCH3 is 1. The van der Waals surface area contributed by atoms with Crippen LogP contribution in [-0.2, 0) is 19.4 Å². The third kappa shape index (κ3) is 2.79. The minimum atomic E-state index is -3.77. The predicted octanol–water partition coefficient (Wildman–Crippen LogP) is 1.82. The number of esters is 1. The summed E-state index contributed by atoms with van der Waals surface area (Å²) < 4.78 is 29.3. The van der Waals surface area contributed by atoms with Gasteiger partial charge in [-0.05, 0) is 12.1 Å². The van der Waals surface area contributed by atoms with Crippen LogP contribution in [-0.4, -0.2) is 26.7 Å². The van der Waals surface area contributed by atoms with Crippen LogP contribution >= 0.6 is 0 Å². The summed E-state index contributed by atoms with van der Waals surface area (Å²) in [6.07, 6.45) is 1.43. The average Bonchev–Trinajstić information content (AvgIpc) is 2.39. The van der Waals surface area contributed by atoms with E-state index in [1.165, 1.54) is 25.3 Å². The van der Waals surface area contributed by atoms with E-state index >= 15 is 0 Å².